The third-order valence-corrected chi connectivity index (χ3v) is 7.27. The summed E-state index contributed by atoms with van der Waals surface area (Å²) in [4.78, 5) is 12.4. The Labute approximate surface area is 236 Å². The summed E-state index contributed by atoms with van der Waals surface area (Å²) < 4.78 is 22.4. The maximum Gasteiger partial charge on any atom is 0.306 e. The fourth-order valence-electron chi connectivity index (χ4n) is 4.72. The van der Waals surface area contributed by atoms with Crippen LogP contribution in [0, 0.1) is 0 Å². The van der Waals surface area contributed by atoms with Crippen LogP contribution in [-0.2, 0) is 23.7 Å². The van der Waals surface area contributed by atoms with Crippen LogP contribution in [-0.4, -0.2) is 89.6 Å². The van der Waals surface area contributed by atoms with Crippen molar-refractivity contribution >= 4 is 5.97 Å². The lowest BCUT2D eigenvalue weighted by Gasteiger charge is -2.39. The van der Waals surface area contributed by atoms with Crippen LogP contribution < -0.4 is 0 Å². The minimum absolute atomic E-state index is 0.109. The molecule has 0 aromatic rings. The Morgan fingerprint density at radius 3 is 1.82 bits per heavy atom. The van der Waals surface area contributed by atoms with E-state index in [1.54, 1.807) is 0 Å². The Hall–Kier alpha value is -0.810. The molecule has 0 aromatic heterocycles. The third-order valence-electron chi connectivity index (χ3n) is 7.27. The molecule has 0 aromatic carbocycles. The predicted octanol–water partition coefficient (Wildman–Crippen LogP) is 4.40. The number of carbonyl (C=O) groups is 1. The van der Waals surface area contributed by atoms with E-state index in [0.717, 1.165) is 38.5 Å². The van der Waals surface area contributed by atoms with Crippen LogP contribution in [0.2, 0.25) is 0 Å². The molecule has 0 amide bonds. The van der Waals surface area contributed by atoms with E-state index >= 15 is 0 Å². The summed E-state index contributed by atoms with van der Waals surface area (Å²) >= 11 is 0. The van der Waals surface area contributed by atoms with E-state index in [1.165, 1.54) is 64.2 Å². The molecule has 0 spiro atoms. The van der Waals surface area contributed by atoms with Crippen molar-refractivity contribution in [2.45, 2.75) is 160 Å². The van der Waals surface area contributed by atoms with Crippen molar-refractivity contribution in [3.05, 3.63) is 0 Å². The van der Waals surface area contributed by atoms with Gasteiger partial charge in [0.2, 0.25) is 0 Å². The predicted molar refractivity (Wildman–Crippen MR) is 150 cm³/mol. The van der Waals surface area contributed by atoms with Crippen LogP contribution in [0.3, 0.4) is 0 Å². The van der Waals surface area contributed by atoms with E-state index in [4.69, 9.17) is 18.9 Å². The first-order chi connectivity index (χ1) is 18.9. The zero-order valence-corrected chi connectivity index (χ0v) is 24.6. The number of hydrogen-bond acceptors (Lipinski definition) is 9. The monoisotopic (exact) mass is 562 g/mol. The van der Waals surface area contributed by atoms with Crippen molar-refractivity contribution < 1.29 is 44.2 Å². The molecule has 0 saturated carbocycles. The van der Waals surface area contributed by atoms with Crippen LogP contribution in [0.4, 0.5) is 0 Å². The minimum atomic E-state index is -1.53. The van der Waals surface area contributed by atoms with Gasteiger partial charge in [0, 0.05) is 13.0 Å². The highest BCUT2D eigenvalue weighted by Gasteiger charge is 2.44. The molecule has 1 aliphatic heterocycles. The van der Waals surface area contributed by atoms with Crippen molar-refractivity contribution in [1.82, 2.24) is 0 Å². The number of esters is 1. The second-order valence-electron chi connectivity index (χ2n) is 10.9. The number of hydrogen-bond donors (Lipinski definition) is 4. The highest BCUT2D eigenvalue weighted by atomic mass is 16.7. The standard InChI is InChI=1S/C30H58O9/c1-3-5-7-9-10-11-12-13-14-15-16-18-20-36-22-24(38-26(32)19-17-8-6-4-2)23-37-30-29(35)28(34)27(33)25(21-31)39-30/h24-25,27-31,33-35H,3-23H2,1-2H3. The molecule has 1 aliphatic rings. The Balaban J connectivity index is 2.33. The lowest BCUT2D eigenvalue weighted by atomic mass is 9.99. The van der Waals surface area contributed by atoms with Crippen molar-refractivity contribution in [3.63, 3.8) is 0 Å². The first kappa shape index (κ1) is 36.2. The van der Waals surface area contributed by atoms with E-state index in [-0.39, 0.29) is 19.2 Å². The van der Waals surface area contributed by atoms with E-state index in [2.05, 4.69) is 13.8 Å². The van der Waals surface area contributed by atoms with Crippen molar-refractivity contribution in [2.24, 2.45) is 0 Å². The minimum Gasteiger partial charge on any atom is -0.457 e. The van der Waals surface area contributed by atoms with Crippen LogP contribution in [0.5, 0.6) is 0 Å². The molecule has 6 atom stereocenters. The van der Waals surface area contributed by atoms with Gasteiger partial charge in [0.1, 0.15) is 30.5 Å². The van der Waals surface area contributed by atoms with Gasteiger partial charge in [-0.3, -0.25) is 4.79 Å². The number of aliphatic hydroxyl groups excluding tert-OH is 4. The van der Waals surface area contributed by atoms with Crippen molar-refractivity contribution in [2.75, 3.05) is 26.4 Å². The summed E-state index contributed by atoms with van der Waals surface area (Å²) in [6.45, 7) is 4.42. The van der Waals surface area contributed by atoms with Gasteiger partial charge in [-0.2, -0.15) is 0 Å². The second kappa shape index (κ2) is 23.9. The Morgan fingerprint density at radius 2 is 1.26 bits per heavy atom. The molecule has 1 rings (SSSR count). The van der Waals surface area contributed by atoms with Crippen LogP contribution in [0.15, 0.2) is 0 Å². The summed E-state index contributed by atoms with van der Waals surface area (Å²) in [5, 5.41) is 39.5. The molecule has 4 N–H and O–H groups in total. The molecule has 9 heteroatoms. The fraction of sp³-hybridized carbons (Fsp3) is 0.967. The van der Waals surface area contributed by atoms with Gasteiger partial charge in [0.15, 0.2) is 6.29 Å². The zero-order chi connectivity index (χ0) is 28.7. The molecular formula is C30H58O9. The average molecular weight is 563 g/mol. The molecule has 6 unspecified atom stereocenters. The molecule has 0 bridgehead atoms. The van der Waals surface area contributed by atoms with Crippen molar-refractivity contribution in [3.8, 4) is 0 Å². The third kappa shape index (κ3) is 16.9. The van der Waals surface area contributed by atoms with Crippen molar-refractivity contribution in [1.29, 1.82) is 0 Å². The number of aliphatic hydroxyl groups is 4. The van der Waals surface area contributed by atoms with Crippen LogP contribution in [0.1, 0.15) is 123 Å². The molecule has 9 nitrogen and oxygen atoms in total. The number of rotatable bonds is 25. The Bertz CT molecular complexity index is 575. The molecule has 39 heavy (non-hydrogen) atoms. The van der Waals surface area contributed by atoms with E-state index in [1.807, 2.05) is 0 Å². The van der Waals surface area contributed by atoms with E-state index < -0.39 is 43.4 Å². The number of unbranched alkanes of at least 4 members (excludes halogenated alkanes) is 14. The Kier molecular flexibility index (Phi) is 22.1. The van der Waals surface area contributed by atoms with Gasteiger partial charge in [0.25, 0.3) is 0 Å². The summed E-state index contributed by atoms with van der Waals surface area (Å²) in [6.07, 6.45) is 11.8. The normalized spacial score (nSPS) is 24.1. The fourth-order valence-corrected chi connectivity index (χ4v) is 4.72. The first-order valence-electron chi connectivity index (χ1n) is 15.6. The molecular weight excluding hydrogens is 504 g/mol. The van der Waals surface area contributed by atoms with Gasteiger partial charge >= 0.3 is 5.97 Å². The highest BCUT2D eigenvalue weighted by Crippen LogP contribution is 2.22. The lowest BCUT2D eigenvalue weighted by molar-refractivity contribution is -0.305. The molecule has 0 aliphatic carbocycles. The summed E-state index contributed by atoms with van der Waals surface area (Å²) in [7, 11) is 0. The zero-order valence-electron chi connectivity index (χ0n) is 24.6. The van der Waals surface area contributed by atoms with Gasteiger partial charge in [0.05, 0.1) is 19.8 Å². The molecule has 0 radical (unpaired) electrons. The average Bonchev–Trinajstić information content (AvgIpc) is 2.93. The van der Waals surface area contributed by atoms with Crippen LogP contribution in [0.25, 0.3) is 0 Å². The summed E-state index contributed by atoms with van der Waals surface area (Å²) in [5.74, 6) is -0.331. The molecule has 1 heterocycles. The van der Waals surface area contributed by atoms with Crippen LogP contribution >= 0.6 is 0 Å². The van der Waals surface area contributed by atoms with Gasteiger partial charge in [-0.25, -0.2) is 0 Å². The van der Waals surface area contributed by atoms with Gasteiger partial charge < -0.3 is 39.4 Å². The van der Waals surface area contributed by atoms with Gasteiger partial charge in [-0.15, -0.1) is 0 Å². The van der Waals surface area contributed by atoms with E-state index in [0.29, 0.717) is 13.0 Å². The summed E-state index contributed by atoms with van der Waals surface area (Å²) in [5.41, 5.74) is 0. The smallest absolute Gasteiger partial charge is 0.306 e. The maximum absolute atomic E-state index is 12.4. The molecule has 1 saturated heterocycles. The number of ether oxygens (including phenoxy) is 4. The lowest BCUT2D eigenvalue weighted by Crippen LogP contribution is -2.59. The topological polar surface area (TPSA) is 135 Å². The Morgan fingerprint density at radius 1 is 0.718 bits per heavy atom. The van der Waals surface area contributed by atoms with Gasteiger partial charge in [-0.05, 0) is 12.8 Å². The highest BCUT2D eigenvalue weighted by molar-refractivity contribution is 5.69. The molecule has 1 fully saturated rings. The first-order valence-corrected chi connectivity index (χ1v) is 15.6. The quantitative estimate of drug-likeness (QED) is 0.0943. The largest absolute Gasteiger partial charge is 0.457 e. The molecule has 232 valence electrons. The summed E-state index contributed by atoms with van der Waals surface area (Å²) in [6, 6.07) is 0. The number of carbonyl (C=O) groups excluding carboxylic acids is 1. The SMILES string of the molecule is CCCCCCCCCCCCCCOCC(COC1OC(CO)C(O)C(O)C1O)OC(=O)CCCCCC. The van der Waals surface area contributed by atoms with Gasteiger partial charge in [-0.1, -0.05) is 104 Å². The maximum atomic E-state index is 12.4. The van der Waals surface area contributed by atoms with E-state index in [9.17, 15) is 25.2 Å². The second-order valence-corrected chi connectivity index (χ2v) is 10.9.